The number of ether oxygens (including phenoxy) is 2. The number of amides is 1. The van der Waals surface area contributed by atoms with Gasteiger partial charge in [0, 0.05) is 24.8 Å². The molecule has 1 aromatic carbocycles. The van der Waals surface area contributed by atoms with Gasteiger partial charge < -0.3 is 14.8 Å². The number of fused-ring (bicyclic) bond motifs is 1. The molecule has 1 aliphatic rings. The molecule has 0 radical (unpaired) electrons. The van der Waals surface area contributed by atoms with Crippen molar-refractivity contribution in [3.05, 3.63) is 40.7 Å². The van der Waals surface area contributed by atoms with Crippen LogP contribution in [0.15, 0.2) is 18.2 Å². The van der Waals surface area contributed by atoms with Crippen molar-refractivity contribution in [3.8, 4) is 11.5 Å². The molecule has 1 amide bonds. The number of nitrogens with one attached hydrogen (secondary N) is 1. The summed E-state index contributed by atoms with van der Waals surface area (Å²) in [6, 6.07) is 5.60. The second-order valence-electron chi connectivity index (χ2n) is 5.62. The smallest absolute Gasteiger partial charge is 0.272 e. The topological polar surface area (TPSA) is 65.4 Å². The van der Waals surface area contributed by atoms with Gasteiger partial charge in [0.2, 0.25) is 0 Å². The molecule has 0 atom stereocenters. The third kappa shape index (κ3) is 2.88. The summed E-state index contributed by atoms with van der Waals surface area (Å²) in [5.74, 6) is 1.20. The summed E-state index contributed by atoms with van der Waals surface area (Å²) in [6.45, 7) is 0.421. The molecule has 1 aliphatic carbocycles. The van der Waals surface area contributed by atoms with Crippen LogP contribution in [0.4, 0.5) is 0 Å². The summed E-state index contributed by atoms with van der Waals surface area (Å²) in [5.41, 5.74) is 3.78. The number of nitrogens with zero attached hydrogens (tertiary/aromatic N) is 2. The normalized spacial score (nSPS) is 12.8. The highest BCUT2D eigenvalue weighted by Gasteiger charge is 2.24. The van der Waals surface area contributed by atoms with E-state index in [1.54, 1.807) is 14.2 Å². The standard InChI is InChI=1S/C17H21N3O3/c1-20-13-6-4-5-12(13)16(19-20)17(21)18-10-11-7-8-14(22-2)15(9-11)23-3/h7-9H,4-6,10H2,1-3H3,(H,18,21). The molecule has 0 saturated heterocycles. The number of aryl methyl sites for hydroxylation is 1. The lowest BCUT2D eigenvalue weighted by Crippen LogP contribution is -2.24. The predicted octanol–water partition coefficient (Wildman–Crippen LogP) is 1.86. The van der Waals surface area contributed by atoms with Crippen LogP contribution in [0.1, 0.15) is 33.7 Å². The summed E-state index contributed by atoms with van der Waals surface area (Å²) in [6.07, 6.45) is 3.03. The lowest BCUT2D eigenvalue weighted by atomic mass is 10.1. The highest BCUT2D eigenvalue weighted by molar-refractivity contribution is 5.94. The molecule has 0 fully saturated rings. The molecule has 1 aromatic heterocycles. The fourth-order valence-corrected chi connectivity index (χ4v) is 3.05. The maximum Gasteiger partial charge on any atom is 0.272 e. The van der Waals surface area contributed by atoms with E-state index < -0.39 is 0 Å². The Hall–Kier alpha value is -2.50. The zero-order valence-corrected chi connectivity index (χ0v) is 13.7. The van der Waals surface area contributed by atoms with Gasteiger partial charge in [-0.2, -0.15) is 5.10 Å². The Bertz CT molecular complexity index is 737. The first kappa shape index (κ1) is 15.4. The van der Waals surface area contributed by atoms with Crippen LogP contribution in [-0.2, 0) is 26.4 Å². The van der Waals surface area contributed by atoms with Gasteiger partial charge in [-0.1, -0.05) is 6.07 Å². The Balaban J connectivity index is 1.71. The van der Waals surface area contributed by atoms with Crippen molar-refractivity contribution in [3.63, 3.8) is 0 Å². The number of hydrogen-bond acceptors (Lipinski definition) is 4. The van der Waals surface area contributed by atoms with Crippen LogP contribution < -0.4 is 14.8 Å². The van der Waals surface area contributed by atoms with Crippen molar-refractivity contribution >= 4 is 5.91 Å². The van der Waals surface area contributed by atoms with E-state index in [-0.39, 0.29) is 5.91 Å². The van der Waals surface area contributed by atoms with Gasteiger partial charge in [0.25, 0.3) is 5.91 Å². The number of carbonyl (C=O) groups is 1. The molecule has 0 spiro atoms. The van der Waals surface area contributed by atoms with Gasteiger partial charge in [-0.25, -0.2) is 0 Å². The number of hydrogen-bond donors (Lipinski definition) is 1. The van der Waals surface area contributed by atoms with Crippen molar-refractivity contribution in [2.24, 2.45) is 7.05 Å². The Morgan fingerprint density at radius 3 is 2.78 bits per heavy atom. The summed E-state index contributed by atoms with van der Waals surface area (Å²) in [5, 5.41) is 7.30. The molecule has 0 unspecified atom stereocenters. The first-order chi connectivity index (χ1) is 11.1. The van der Waals surface area contributed by atoms with E-state index in [0.717, 1.165) is 30.4 Å². The van der Waals surface area contributed by atoms with E-state index in [9.17, 15) is 4.79 Å². The van der Waals surface area contributed by atoms with Crippen LogP contribution in [0, 0.1) is 0 Å². The van der Waals surface area contributed by atoms with Gasteiger partial charge in [-0.05, 0) is 37.0 Å². The van der Waals surface area contributed by atoms with E-state index in [4.69, 9.17) is 9.47 Å². The molecule has 1 heterocycles. The first-order valence-electron chi connectivity index (χ1n) is 7.68. The van der Waals surface area contributed by atoms with Gasteiger partial charge in [-0.3, -0.25) is 9.48 Å². The predicted molar refractivity (Wildman–Crippen MR) is 85.9 cm³/mol. The minimum atomic E-state index is -0.126. The highest BCUT2D eigenvalue weighted by Crippen LogP contribution is 2.28. The minimum Gasteiger partial charge on any atom is -0.493 e. The van der Waals surface area contributed by atoms with Gasteiger partial charge in [-0.15, -0.1) is 0 Å². The van der Waals surface area contributed by atoms with Crippen LogP contribution in [0.3, 0.4) is 0 Å². The summed E-state index contributed by atoms with van der Waals surface area (Å²) >= 11 is 0. The van der Waals surface area contributed by atoms with Crippen molar-refractivity contribution < 1.29 is 14.3 Å². The van der Waals surface area contributed by atoms with Crippen LogP contribution in [0.2, 0.25) is 0 Å². The third-order valence-electron chi connectivity index (χ3n) is 4.23. The van der Waals surface area contributed by atoms with Crippen molar-refractivity contribution in [1.82, 2.24) is 15.1 Å². The number of aromatic nitrogens is 2. The molecule has 6 nitrogen and oxygen atoms in total. The number of methoxy groups -OCH3 is 2. The zero-order valence-electron chi connectivity index (χ0n) is 13.7. The highest BCUT2D eigenvalue weighted by atomic mass is 16.5. The molecule has 23 heavy (non-hydrogen) atoms. The second-order valence-corrected chi connectivity index (χ2v) is 5.62. The summed E-state index contributed by atoms with van der Waals surface area (Å²) in [7, 11) is 5.09. The summed E-state index contributed by atoms with van der Waals surface area (Å²) in [4.78, 5) is 12.4. The van der Waals surface area contributed by atoms with Crippen molar-refractivity contribution in [2.75, 3.05) is 14.2 Å². The van der Waals surface area contributed by atoms with Gasteiger partial charge in [0.15, 0.2) is 17.2 Å². The Kier molecular flexibility index (Phi) is 4.23. The van der Waals surface area contributed by atoms with Gasteiger partial charge >= 0.3 is 0 Å². The Morgan fingerprint density at radius 2 is 2.04 bits per heavy atom. The molecule has 6 heteroatoms. The average molecular weight is 315 g/mol. The monoisotopic (exact) mass is 315 g/mol. The zero-order chi connectivity index (χ0) is 16.4. The van der Waals surface area contributed by atoms with Gasteiger partial charge in [0.05, 0.1) is 14.2 Å². The maximum absolute atomic E-state index is 12.4. The van der Waals surface area contributed by atoms with Crippen LogP contribution >= 0.6 is 0 Å². The molecule has 0 aliphatic heterocycles. The third-order valence-corrected chi connectivity index (χ3v) is 4.23. The maximum atomic E-state index is 12.4. The molecule has 122 valence electrons. The fraction of sp³-hybridized carbons (Fsp3) is 0.412. The number of carbonyl (C=O) groups excluding carboxylic acids is 1. The largest absolute Gasteiger partial charge is 0.493 e. The van der Waals surface area contributed by atoms with Crippen molar-refractivity contribution in [1.29, 1.82) is 0 Å². The molecule has 0 saturated carbocycles. The molecule has 3 rings (SSSR count). The molecule has 1 N–H and O–H groups in total. The molecular weight excluding hydrogens is 294 g/mol. The lowest BCUT2D eigenvalue weighted by molar-refractivity contribution is 0.0944. The number of rotatable bonds is 5. The van der Waals surface area contributed by atoms with E-state index in [0.29, 0.717) is 23.7 Å². The Labute approximate surface area is 135 Å². The lowest BCUT2D eigenvalue weighted by Gasteiger charge is -2.10. The minimum absolute atomic E-state index is 0.126. The SMILES string of the molecule is COc1ccc(CNC(=O)c2nn(C)c3c2CCC3)cc1OC. The molecule has 0 bridgehead atoms. The Morgan fingerprint density at radius 1 is 1.26 bits per heavy atom. The van der Waals surface area contributed by atoms with E-state index in [1.165, 1.54) is 5.69 Å². The van der Waals surface area contributed by atoms with Crippen LogP contribution in [0.5, 0.6) is 11.5 Å². The molecule has 2 aromatic rings. The summed E-state index contributed by atoms with van der Waals surface area (Å²) < 4.78 is 12.3. The second kappa shape index (κ2) is 6.32. The van der Waals surface area contributed by atoms with Crippen molar-refractivity contribution in [2.45, 2.75) is 25.8 Å². The van der Waals surface area contributed by atoms with Gasteiger partial charge in [0.1, 0.15) is 0 Å². The quantitative estimate of drug-likeness (QED) is 0.914. The van der Waals surface area contributed by atoms with E-state index >= 15 is 0 Å². The fourth-order valence-electron chi connectivity index (χ4n) is 3.05. The van der Waals surface area contributed by atoms with Crippen LogP contribution in [0.25, 0.3) is 0 Å². The van der Waals surface area contributed by atoms with Crippen LogP contribution in [-0.4, -0.2) is 29.9 Å². The van der Waals surface area contributed by atoms with E-state index in [2.05, 4.69) is 10.4 Å². The molecular formula is C17H21N3O3. The first-order valence-corrected chi connectivity index (χ1v) is 7.68. The average Bonchev–Trinajstić information content (AvgIpc) is 3.16. The number of benzene rings is 1. The van der Waals surface area contributed by atoms with E-state index in [1.807, 2.05) is 29.9 Å².